The van der Waals surface area contributed by atoms with Crippen LogP contribution in [0.4, 0.5) is 0 Å². The van der Waals surface area contributed by atoms with Gasteiger partial charge in [0.1, 0.15) is 0 Å². The molecule has 4 heteroatoms. The first kappa shape index (κ1) is 16.9. The zero-order valence-electron chi connectivity index (χ0n) is 12.2. The van der Waals surface area contributed by atoms with E-state index in [0.29, 0.717) is 6.04 Å². The lowest BCUT2D eigenvalue weighted by Crippen LogP contribution is -2.19. The molecule has 0 spiro atoms. The van der Waals surface area contributed by atoms with Gasteiger partial charge in [-0.3, -0.25) is 0 Å². The van der Waals surface area contributed by atoms with E-state index in [4.69, 9.17) is 11.6 Å². The molecule has 21 heavy (non-hydrogen) atoms. The highest BCUT2D eigenvalue weighted by Crippen LogP contribution is 2.35. The van der Waals surface area contributed by atoms with Crippen LogP contribution in [0.15, 0.2) is 56.7 Å². The van der Waals surface area contributed by atoms with Gasteiger partial charge in [-0.05, 0) is 77.8 Å². The monoisotopic (exact) mass is 383 g/mol. The van der Waals surface area contributed by atoms with Gasteiger partial charge in [0, 0.05) is 25.3 Å². The average Bonchev–Trinajstić information content (AvgIpc) is 2.49. The summed E-state index contributed by atoms with van der Waals surface area (Å²) in [7, 11) is 0. The molecule has 2 rings (SSSR count). The van der Waals surface area contributed by atoms with Crippen molar-refractivity contribution in [2.75, 3.05) is 6.54 Å². The Morgan fingerprint density at radius 3 is 2.52 bits per heavy atom. The van der Waals surface area contributed by atoms with Crippen molar-refractivity contribution in [3.8, 4) is 0 Å². The van der Waals surface area contributed by atoms with Crippen LogP contribution < -0.4 is 5.32 Å². The summed E-state index contributed by atoms with van der Waals surface area (Å²) < 4.78 is 1.13. The molecule has 0 amide bonds. The number of hydrogen-bond acceptors (Lipinski definition) is 2. The maximum Gasteiger partial charge on any atom is 0.0406 e. The van der Waals surface area contributed by atoms with Crippen LogP contribution >= 0.6 is 39.3 Å². The molecule has 1 N–H and O–H groups in total. The van der Waals surface area contributed by atoms with Crippen LogP contribution in [0, 0.1) is 0 Å². The minimum Gasteiger partial charge on any atom is -0.310 e. The van der Waals surface area contributed by atoms with Gasteiger partial charge in [-0.25, -0.2) is 0 Å². The van der Waals surface area contributed by atoms with Crippen molar-refractivity contribution in [3.05, 3.63) is 57.5 Å². The summed E-state index contributed by atoms with van der Waals surface area (Å²) in [6.07, 6.45) is 1.15. The fourth-order valence-electron chi connectivity index (χ4n) is 1.98. The molecule has 0 aliphatic rings. The van der Waals surface area contributed by atoms with Crippen LogP contribution in [-0.4, -0.2) is 6.54 Å². The van der Waals surface area contributed by atoms with Crippen molar-refractivity contribution in [2.24, 2.45) is 0 Å². The number of benzene rings is 2. The highest BCUT2D eigenvalue weighted by Gasteiger charge is 2.08. The van der Waals surface area contributed by atoms with Gasteiger partial charge in [0.25, 0.3) is 0 Å². The molecule has 0 saturated carbocycles. The summed E-state index contributed by atoms with van der Waals surface area (Å²) in [6.45, 7) is 5.42. The van der Waals surface area contributed by atoms with E-state index >= 15 is 0 Å². The van der Waals surface area contributed by atoms with Gasteiger partial charge in [0.2, 0.25) is 0 Å². The summed E-state index contributed by atoms with van der Waals surface area (Å²) >= 11 is 11.3. The third-order valence-electron chi connectivity index (χ3n) is 3.20. The van der Waals surface area contributed by atoms with E-state index in [-0.39, 0.29) is 0 Å². The van der Waals surface area contributed by atoms with E-state index in [9.17, 15) is 0 Å². The summed E-state index contributed by atoms with van der Waals surface area (Å²) in [5.41, 5.74) is 1.30. The highest BCUT2D eigenvalue weighted by molar-refractivity contribution is 9.10. The fraction of sp³-hybridized carbons (Fsp3) is 0.294. The second kappa shape index (κ2) is 8.23. The van der Waals surface area contributed by atoms with Gasteiger partial charge in [-0.2, -0.15) is 0 Å². The Morgan fingerprint density at radius 2 is 1.90 bits per heavy atom. The van der Waals surface area contributed by atoms with E-state index < -0.39 is 0 Å². The first-order valence-electron chi connectivity index (χ1n) is 7.06. The average molecular weight is 385 g/mol. The summed E-state index contributed by atoms with van der Waals surface area (Å²) in [4.78, 5) is 2.40. The molecule has 0 aromatic heterocycles. The molecule has 2 aromatic carbocycles. The van der Waals surface area contributed by atoms with Crippen LogP contribution in [-0.2, 0) is 0 Å². The lowest BCUT2D eigenvalue weighted by molar-refractivity contribution is 0.570. The highest BCUT2D eigenvalue weighted by atomic mass is 79.9. The van der Waals surface area contributed by atoms with Gasteiger partial charge < -0.3 is 5.32 Å². The normalized spacial score (nSPS) is 12.4. The molecule has 0 aliphatic carbocycles. The van der Waals surface area contributed by atoms with Crippen molar-refractivity contribution in [1.29, 1.82) is 0 Å². The first-order chi connectivity index (χ1) is 10.1. The van der Waals surface area contributed by atoms with Crippen LogP contribution in [0.25, 0.3) is 0 Å². The second-order valence-corrected chi connectivity index (χ2v) is 7.33. The van der Waals surface area contributed by atoms with E-state index in [1.807, 2.05) is 24.3 Å². The van der Waals surface area contributed by atoms with Gasteiger partial charge >= 0.3 is 0 Å². The summed E-state index contributed by atoms with van der Waals surface area (Å²) in [5.74, 6) is 0. The first-order valence-corrected chi connectivity index (χ1v) is 9.05. The zero-order valence-corrected chi connectivity index (χ0v) is 15.4. The van der Waals surface area contributed by atoms with E-state index in [0.717, 1.165) is 22.5 Å². The lowest BCUT2D eigenvalue weighted by Gasteiger charge is -2.15. The molecular weight excluding hydrogens is 366 g/mol. The minimum absolute atomic E-state index is 0.371. The Bertz CT molecular complexity index is 586. The zero-order chi connectivity index (χ0) is 15.2. The molecule has 1 atom stereocenters. The largest absolute Gasteiger partial charge is 0.310 e. The number of halogens is 2. The molecular formula is C17H19BrClNS. The Kier molecular flexibility index (Phi) is 6.62. The number of nitrogens with one attached hydrogen (secondary N) is 1. The topological polar surface area (TPSA) is 12.0 Å². The third kappa shape index (κ3) is 5.03. The number of hydrogen-bond donors (Lipinski definition) is 1. The van der Waals surface area contributed by atoms with Crippen LogP contribution in [0.5, 0.6) is 0 Å². The molecule has 0 bridgehead atoms. The van der Waals surface area contributed by atoms with Crippen molar-refractivity contribution in [3.63, 3.8) is 0 Å². The molecule has 1 nitrogen and oxygen atoms in total. The van der Waals surface area contributed by atoms with Crippen molar-refractivity contribution in [1.82, 2.24) is 5.32 Å². The quantitative estimate of drug-likeness (QED) is 0.626. The molecule has 0 saturated heterocycles. The molecule has 0 radical (unpaired) electrons. The fourth-order valence-corrected chi connectivity index (χ4v) is 3.56. The smallest absolute Gasteiger partial charge is 0.0406 e. The number of rotatable bonds is 6. The van der Waals surface area contributed by atoms with Crippen LogP contribution in [0.1, 0.15) is 31.9 Å². The molecule has 1 unspecified atom stereocenters. The summed E-state index contributed by atoms with van der Waals surface area (Å²) in [5, 5.41) is 4.28. The predicted octanol–water partition coefficient (Wildman–Crippen LogP) is 6.31. The maximum absolute atomic E-state index is 5.92. The van der Waals surface area contributed by atoms with E-state index in [2.05, 4.69) is 53.3 Å². The van der Waals surface area contributed by atoms with Crippen molar-refractivity contribution in [2.45, 2.75) is 36.1 Å². The Labute approximate surface area is 144 Å². The Balaban J connectivity index is 2.10. The van der Waals surface area contributed by atoms with Gasteiger partial charge in [0.05, 0.1) is 0 Å². The standard InChI is InChI=1S/C17H19BrClNS/c1-3-10-20-12(2)13-4-9-17(16(18)11-13)21-15-7-5-14(19)6-8-15/h4-9,11-12,20H,3,10H2,1-2H3. The lowest BCUT2D eigenvalue weighted by atomic mass is 10.1. The van der Waals surface area contributed by atoms with Gasteiger partial charge in [-0.15, -0.1) is 0 Å². The van der Waals surface area contributed by atoms with E-state index in [1.165, 1.54) is 15.4 Å². The second-order valence-electron chi connectivity index (χ2n) is 4.92. The van der Waals surface area contributed by atoms with Crippen LogP contribution in [0.3, 0.4) is 0 Å². The molecule has 0 fully saturated rings. The van der Waals surface area contributed by atoms with Crippen LogP contribution in [0.2, 0.25) is 5.02 Å². The molecule has 2 aromatic rings. The van der Waals surface area contributed by atoms with Gasteiger partial charge in [0.15, 0.2) is 0 Å². The molecule has 112 valence electrons. The molecule has 0 heterocycles. The Morgan fingerprint density at radius 1 is 1.19 bits per heavy atom. The van der Waals surface area contributed by atoms with E-state index in [1.54, 1.807) is 11.8 Å². The van der Waals surface area contributed by atoms with Crippen molar-refractivity contribution >= 4 is 39.3 Å². The van der Waals surface area contributed by atoms with Crippen molar-refractivity contribution < 1.29 is 0 Å². The third-order valence-corrected chi connectivity index (χ3v) is 5.45. The summed E-state index contributed by atoms with van der Waals surface area (Å²) in [6, 6.07) is 14.9. The minimum atomic E-state index is 0.371. The SMILES string of the molecule is CCCNC(C)c1ccc(Sc2ccc(Cl)cc2)c(Br)c1. The predicted molar refractivity (Wildman–Crippen MR) is 96.4 cm³/mol. The van der Waals surface area contributed by atoms with Gasteiger partial charge in [-0.1, -0.05) is 36.4 Å². The Hall–Kier alpha value is -0.480. The molecule has 0 aliphatic heterocycles. The maximum atomic E-state index is 5.92.